The second-order valence-electron chi connectivity index (χ2n) is 4.52. The van der Waals surface area contributed by atoms with E-state index >= 15 is 0 Å². The van der Waals surface area contributed by atoms with Gasteiger partial charge >= 0.3 is 0 Å². The minimum atomic E-state index is 0.498. The molecule has 4 aliphatic carbocycles. The molecule has 4 bridgehead atoms. The first-order chi connectivity index (χ1) is 5.36. The molecule has 4 fully saturated rings. The lowest BCUT2D eigenvalue weighted by molar-refractivity contribution is -0.135. The van der Waals surface area contributed by atoms with Crippen LogP contribution in [-0.2, 0) is 4.79 Å². The Labute approximate surface area is 67.2 Å². The van der Waals surface area contributed by atoms with Gasteiger partial charge in [0.25, 0.3) is 0 Å². The molecule has 0 amide bonds. The van der Waals surface area contributed by atoms with Gasteiger partial charge in [0.2, 0.25) is 0 Å². The van der Waals surface area contributed by atoms with Crippen molar-refractivity contribution in [1.82, 2.24) is 0 Å². The number of Topliss-reactive ketones (excluding diaryl/α,β-unsaturated/α-hetero) is 1. The number of hydrogen-bond acceptors (Lipinski definition) is 1. The molecule has 60 valence electrons. The minimum absolute atomic E-state index is 0.498. The summed E-state index contributed by atoms with van der Waals surface area (Å²) in [6.07, 6.45) is 6.42. The maximum absolute atomic E-state index is 11.6. The zero-order valence-corrected chi connectivity index (χ0v) is 6.75. The Hall–Kier alpha value is -0.330. The third kappa shape index (κ3) is 0.646. The summed E-state index contributed by atoms with van der Waals surface area (Å²) in [5, 5.41) is 0. The van der Waals surface area contributed by atoms with Gasteiger partial charge in [-0.25, -0.2) is 0 Å². The van der Waals surface area contributed by atoms with Crippen LogP contribution in [0.4, 0.5) is 0 Å². The quantitative estimate of drug-likeness (QED) is 0.516. The molecule has 0 aliphatic heterocycles. The minimum Gasteiger partial charge on any atom is -0.299 e. The van der Waals surface area contributed by atoms with Gasteiger partial charge in [0.15, 0.2) is 0 Å². The second kappa shape index (κ2) is 1.88. The van der Waals surface area contributed by atoms with Crippen LogP contribution in [0.15, 0.2) is 0 Å². The topological polar surface area (TPSA) is 17.1 Å². The fourth-order valence-electron chi connectivity index (χ4n) is 3.67. The van der Waals surface area contributed by atoms with Crippen molar-refractivity contribution in [2.75, 3.05) is 0 Å². The van der Waals surface area contributed by atoms with E-state index in [-0.39, 0.29) is 0 Å². The number of fused-ring (bicyclic) bond motifs is 1. The standard InChI is InChI=1S/C10H14O/c11-10-7-2-3-8-6(5-7)1-4-9(8)10/h6-9H,1-5H2/t6-,7?,8?,9?/m1/s1. The molecule has 0 spiro atoms. The predicted octanol–water partition coefficient (Wildman–Crippen LogP) is 2.01. The molecule has 0 heterocycles. The number of carbonyl (C=O) groups is 1. The third-order valence-electron chi connectivity index (χ3n) is 4.17. The van der Waals surface area contributed by atoms with Crippen LogP contribution in [0.1, 0.15) is 32.1 Å². The SMILES string of the molecule is O=C1C2CCC3C1CC[C@@H]3C2. The molecule has 3 unspecified atom stereocenters. The van der Waals surface area contributed by atoms with Gasteiger partial charge in [-0.1, -0.05) is 0 Å². The largest absolute Gasteiger partial charge is 0.299 e. The van der Waals surface area contributed by atoms with Crippen LogP contribution in [0.25, 0.3) is 0 Å². The fraction of sp³-hybridized carbons (Fsp3) is 0.900. The summed E-state index contributed by atoms with van der Waals surface area (Å²) in [4.78, 5) is 11.6. The number of carbonyl (C=O) groups excluding carboxylic acids is 1. The van der Waals surface area contributed by atoms with Crippen molar-refractivity contribution in [3.8, 4) is 0 Å². The number of rotatable bonds is 0. The Bertz CT molecular complexity index is 209. The summed E-state index contributed by atoms with van der Waals surface area (Å²) in [5.41, 5.74) is 0. The second-order valence-corrected chi connectivity index (χ2v) is 4.52. The van der Waals surface area contributed by atoms with E-state index in [9.17, 15) is 4.79 Å². The first-order valence-electron chi connectivity index (χ1n) is 4.90. The van der Waals surface area contributed by atoms with Gasteiger partial charge in [-0.05, 0) is 43.9 Å². The Kier molecular flexibility index (Phi) is 1.06. The molecule has 0 N–H and O–H groups in total. The molecule has 0 aromatic rings. The van der Waals surface area contributed by atoms with Gasteiger partial charge in [-0.2, -0.15) is 0 Å². The summed E-state index contributed by atoms with van der Waals surface area (Å²) in [6, 6.07) is 0. The van der Waals surface area contributed by atoms with E-state index in [1.807, 2.05) is 0 Å². The van der Waals surface area contributed by atoms with Crippen molar-refractivity contribution < 1.29 is 4.79 Å². The van der Waals surface area contributed by atoms with Crippen LogP contribution in [0.5, 0.6) is 0 Å². The van der Waals surface area contributed by atoms with E-state index < -0.39 is 0 Å². The van der Waals surface area contributed by atoms with Crippen LogP contribution >= 0.6 is 0 Å². The van der Waals surface area contributed by atoms with Gasteiger partial charge in [-0.3, -0.25) is 4.79 Å². The van der Waals surface area contributed by atoms with Crippen molar-refractivity contribution >= 4 is 5.78 Å². The lowest BCUT2D eigenvalue weighted by Gasteiger charge is -2.40. The van der Waals surface area contributed by atoms with E-state index in [1.54, 1.807) is 0 Å². The monoisotopic (exact) mass is 150 g/mol. The highest BCUT2D eigenvalue weighted by Gasteiger charge is 2.51. The molecule has 4 atom stereocenters. The Balaban J connectivity index is 2.02. The van der Waals surface area contributed by atoms with E-state index in [0.717, 1.165) is 11.8 Å². The predicted molar refractivity (Wildman–Crippen MR) is 42.1 cm³/mol. The molecule has 0 aromatic carbocycles. The summed E-state index contributed by atoms with van der Waals surface area (Å²) < 4.78 is 0. The van der Waals surface area contributed by atoms with Gasteiger partial charge in [-0.15, -0.1) is 0 Å². The molecular weight excluding hydrogens is 136 g/mol. The van der Waals surface area contributed by atoms with Gasteiger partial charge in [0.1, 0.15) is 5.78 Å². The molecule has 4 saturated carbocycles. The fourth-order valence-corrected chi connectivity index (χ4v) is 3.67. The van der Waals surface area contributed by atoms with Crippen LogP contribution in [-0.4, -0.2) is 5.78 Å². The zero-order valence-electron chi connectivity index (χ0n) is 6.75. The molecule has 0 aromatic heterocycles. The highest BCUT2D eigenvalue weighted by molar-refractivity contribution is 5.85. The van der Waals surface area contributed by atoms with Crippen molar-refractivity contribution in [3.63, 3.8) is 0 Å². The zero-order chi connectivity index (χ0) is 7.42. The van der Waals surface area contributed by atoms with Crippen LogP contribution < -0.4 is 0 Å². The molecular formula is C10H14O. The van der Waals surface area contributed by atoms with Gasteiger partial charge < -0.3 is 0 Å². The van der Waals surface area contributed by atoms with Gasteiger partial charge in [0.05, 0.1) is 0 Å². The highest BCUT2D eigenvalue weighted by Crippen LogP contribution is 2.54. The Morgan fingerprint density at radius 2 is 2.00 bits per heavy atom. The Morgan fingerprint density at radius 1 is 1.09 bits per heavy atom. The molecule has 4 rings (SSSR count). The first-order valence-corrected chi connectivity index (χ1v) is 4.90. The maximum Gasteiger partial charge on any atom is 0.139 e. The van der Waals surface area contributed by atoms with E-state index in [0.29, 0.717) is 17.6 Å². The smallest absolute Gasteiger partial charge is 0.139 e. The average molecular weight is 150 g/mol. The van der Waals surface area contributed by atoms with E-state index in [2.05, 4.69) is 0 Å². The van der Waals surface area contributed by atoms with Crippen LogP contribution in [0.3, 0.4) is 0 Å². The third-order valence-corrected chi connectivity index (χ3v) is 4.17. The van der Waals surface area contributed by atoms with E-state index in [1.165, 1.54) is 32.1 Å². The maximum atomic E-state index is 11.6. The lowest BCUT2D eigenvalue weighted by Crippen LogP contribution is -2.40. The molecule has 1 nitrogen and oxygen atoms in total. The summed E-state index contributed by atoms with van der Waals surface area (Å²) in [6.45, 7) is 0. The van der Waals surface area contributed by atoms with E-state index in [4.69, 9.17) is 0 Å². The normalized spacial score (nSPS) is 53.6. The molecule has 0 radical (unpaired) electrons. The summed E-state index contributed by atoms with van der Waals surface area (Å²) >= 11 is 0. The van der Waals surface area contributed by atoms with Gasteiger partial charge in [0, 0.05) is 11.8 Å². The van der Waals surface area contributed by atoms with Crippen LogP contribution in [0, 0.1) is 23.7 Å². The summed E-state index contributed by atoms with van der Waals surface area (Å²) in [5.74, 6) is 3.43. The molecule has 11 heavy (non-hydrogen) atoms. The number of ketones is 1. The molecule has 1 heteroatoms. The molecule has 4 aliphatic rings. The number of hydrogen-bond donors (Lipinski definition) is 0. The first kappa shape index (κ1) is 6.22. The van der Waals surface area contributed by atoms with Crippen molar-refractivity contribution in [3.05, 3.63) is 0 Å². The van der Waals surface area contributed by atoms with Crippen molar-refractivity contribution in [2.24, 2.45) is 23.7 Å². The van der Waals surface area contributed by atoms with Crippen molar-refractivity contribution in [1.29, 1.82) is 0 Å². The average Bonchev–Trinajstić information content (AvgIpc) is 2.39. The van der Waals surface area contributed by atoms with Crippen LogP contribution in [0.2, 0.25) is 0 Å². The van der Waals surface area contributed by atoms with Crippen molar-refractivity contribution in [2.45, 2.75) is 32.1 Å². The lowest BCUT2D eigenvalue weighted by atomic mass is 9.63. The summed E-state index contributed by atoms with van der Waals surface area (Å²) in [7, 11) is 0. The molecule has 0 saturated heterocycles. The highest BCUT2D eigenvalue weighted by atomic mass is 16.1. The Morgan fingerprint density at radius 3 is 2.82 bits per heavy atom.